The average molecular weight is 336 g/mol. The minimum atomic E-state index is -0.433. The molecule has 1 aromatic rings. The number of hydrogen-bond donors (Lipinski definition) is 1. The summed E-state index contributed by atoms with van der Waals surface area (Å²) < 4.78 is 7.44. The van der Waals surface area contributed by atoms with Crippen molar-refractivity contribution in [2.75, 3.05) is 13.1 Å². The van der Waals surface area contributed by atoms with E-state index in [1.807, 2.05) is 49.7 Å². The van der Waals surface area contributed by atoms with Gasteiger partial charge in [-0.25, -0.2) is 4.79 Å². The number of rotatable bonds is 6. The number of nitrogens with one attached hydrogen (secondary N) is 1. The SMILES string of the molecule is CC(CC1CCCN1C(=O)OC(C)(C)C)NCCc1ccnn1C. The number of amides is 1. The molecule has 6 nitrogen and oxygen atoms in total. The van der Waals surface area contributed by atoms with Crippen molar-refractivity contribution in [1.82, 2.24) is 20.0 Å². The Morgan fingerprint density at radius 2 is 2.25 bits per heavy atom. The Labute approximate surface area is 145 Å². The first-order valence-corrected chi connectivity index (χ1v) is 8.96. The monoisotopic (exact) mass is 336 g/mol. The number of ether oxygens (including phenoxy) is 1. The number of nitrogens with zero attached hydrogens (tertiary/aromatic N) is 3. The first-order chi connectivity index (χ1) is 11.3. The van der Waals surface area contributed by atoms with Gasteiger partial charge >= 0.3 is 6.09 Å². The second kappa shape index (κ2) is 8.01. The Balaban J connectivity index is 1.76. The molecule has 2 unspecified atom stereocenters. The van der Waals surface area contributed by atoms with Gasteiger partial charge in [0.2, 0.25) is 0 Å². The molecule has 136 valence electrons. The highest BCUT2D eigenvalue weighted by atomic mass is 16.6. The Morgan fingerprint density at radius 1 is 1.50 bits per heavy atom. The van der Waals surface area contributed by atoms with Crippen LogP contribution in [0.5, 0.6) is 0 Å². The lowest BCUT2D eigenvalue weighted by Crippen LogP contribution is -2.42. The van der Waals surface area contributed by atoms with Crippen LogP contribution in [0.4, 0.5) is 4.79 Å². The van der Waals surface area contributed by atoms with Crippen LogP contribution in [0.15, 0.2) is 12.3 Å². The topological polar surface area (TPSA) is 59.4 Å². The van der Waals surface area contributed by atoms with Gasteiger partial charge in [0.1, 0.15) is 5.60 Å². The fourth-order valence-corrected chi connectivity index (χ4v) is 3.23. The van der Waals surface area contributed by atoms with E-state index in [9.17, 15) is 4.79 Å². The van der Waals surface area contributed by atoms with Crippen LogP contribution in [0.25, 0.3) is 0 Å². The van der Waals surface area contributed by atoms with Crippen molar-refractivity contribution in [2.24, 2.45) is 7.05 Å². The first-order valence-electron chi connectivity index (χ1n) is 8.96. The molecule has 6 heteroatoms. The van der Waals surface area contributed by atoms with Crippen LogP contribution in [-0.2, 0) is 18.2 Å². The van der Waals surface area contributed by atoms with Crippen molar-refractivity contribution in [1.29, 1.82) is 0 Å². The second-order valence-electron chi connectivity index (χ2n) is 7.76. The molecule has 1 N–H and O–H groups in total. The number of carbonyl (C=O) groups excluding carboxylic acids is 1. The fraction of sp³-hybridized carbons (Fsp3) is 0.778. The maximum atomic E-state index is 12.3. The third kappa shape index (κ3) is 5.51. The molecule has 2 atom stereocenters. The van der Waals surface area contributed by atoms with Crippen LogP contribution < -0.4 is 5.32 Å². The summed E-state index contributed by atoms with van der Waals surface area (Å²) in [7, 11) is 1.97. The minimum absolute atomic E-state index is 0.174. The predicted octanol–water partition coefficient (Wildman–Crippen LogP) is 2.73. The van der Waals surface area contributed by atoms with E-state index in [1.165, 1.54) is 5.69 Å². The Kier molecular flexibility index (Phi) is 6.27. The van der Waals surface area contributed by atoms with Crippen molar-refractivity contribution in [2.45, 2.75) is 71.1 Å². The third-order valence-corrected chi connectivity index (χ3v) is 4.43. The van der Waals surface area contributed by atoms with Crippen LogP contribution in [0, 0.1) is 0 Å². The quantitative estimate of drug-likeness (QED) is 0.868. The Morgan fingerprint density at radius 3 is 2.88 bits per heavy atom. The molecule has 0 spiro atoms. The van der Waals surface area contributed by atoms with Crippen molar-refractivity contribution >= 4 is 6.09 Å². The van der Waals surface area contributed by atoms with E-state index >= 15 is 0 Å². The molecule has 1 amide bonds. The number of carbonyl (C=O) groups is 1. The molecule has 2 rings (SSSR count). The Bertz CT molecular complexity index is 535. The van der Waals surface area contributed by atoms with E-state index in [2.05, 4.69) is 17.3 Å². The van der Waals surface area contributed by atoms with Crippen molar-refractivity contribution < 1.29 is 9.53 Å². The van der Waals surface area contributed by atoms with Crippen LogP contribution in [0.3, 0.4) is 0 Å². The van der Waals surface area contributed by atoms with Gasteiger partial charge in [-0.3, -0.25) is 4.68 Å². The second-order valence-corrected chi connectivity index (χ2v) is 7.76. The van der Waals surface area contributed by atoms with E-state index in [0.717, 1.165) is 38.8 Å². The van der Waals surface area contributed by atoms with Gasteiger partial charge in [-0.1, -0.05) is 0 Å². The highest BCUT2D eigenvalue weighted by molar-refractivity contribution is 5.68. The number of aryl methyl sites for hydroxylation is 1. The normalized spacial score (nSPS) is 19.5. The maximum absolute atomic E-state index is 12.3. The van der Waals surface area contributed by atoms with E-state index in [0.29, 0.717) is 6.04 Å². The largest absolute Gasteiger partial charge is 0.444 e. The van der Waals surface area contributed by atoms with Gasteiger partial charge in [0, 0.05) is 50.5 Å². The lowest BCUT2D eigenvalue weighted by molar-refractivity contribution is 0.0215. The molecular formula is C18H32N4O2. The van der Waals surface area contributed by atoms with Crippen LogP contribution in [0.2, 0.25) is 0 Å². The van der Waals surface area contributed by atoms with Crippen LogP contribution in [-0.4, -0.2) is 51.5 Å². The van der Waals surface area contributed by atoms with Crippen molar-refractivity contribution in [3.8, 4) is 0 Å². The average Bonchev–Trinajstić information content (AvgIpc) is 3.06. The van der Waals surface area contributed by atoms with E-state index < -0.39 is 5.60 Å². The van der Waals surface area contributed by atoms with Gasteiger partial charge in [-0.15, -0.1) is 0 Å². The predicted molar refractivity (Wildman–Crippen MR) is 95.0 cm³/mol. The summed E-state index contributed by atoms with van der Waals surface area (Å²) in [5.74, 6) is 0. The molecule has 1 fully saturated rings. The number of aromatic nitrogens is 2. The van der Waals surface area contributed by atoms with Gasteiger partial charge in [0.25, 0.3) is 0 Å². The van der Waals surface area contributed by atoms with Gasteiger partial charge in [0.15, 0.2) is 0 Å². The molecule has 0 bridgehead atoms. The summed E-state index contributed by atoms with van der Waals surface area (Å²) >= 11 is 0. The number of hydrogen-bond acceptors (Lipinski definition) is 4. The van der Waals surface area contributed by atoms with Crippen LogP contribution in [0.1, 0.15) is 52.7 Å². The van der Waals surface area contributed by atoms with Gasteiger partial charge in [0.05, 0.1) is 0 Å². The molecule has 1 aliphatic heterocycles. The fourth-order valence-electron chi connectivity index (χ4n) is 3.23. The molecule has 0 radical (unpaired) electrons. The van der Waals surface area contributed by atoms with Gasteiger partial charge in [-0.2, -0.15) is 5.10 Å². The van der Waals surface area contributed by atoms with Crippen LogP contribution >= 0.6 is 0 Å². The zero-order valence-corrected chi connectivity index (χ0v) is 15.7. The lowest BCUT2D eigenvalue weighted by Gasteiger charge is -2.30. The first kappa shape index (κ1) is 18.8. The summed E-state index contributed by atoms with van der Waals surface area (Å²) in [4.78, 5) is 14.2. The lowest BCUT2D eigenvalue weighted by atomic mass is 10.1. The van der Waals surface area contributed by atoms with E-state index in [1.54, 1.807) is 0 Å². The van der Waals surface area contributed by atoms with Crippen molar-refractivity contribution in [3.05, 3.63) is 18.0 Å². The summed E-state index contributed by atoms with van der Waals surface area (Å²) in [6.45, 7) is 9.66. The molecule has 1 saturated heterocycles. The standard InChI is InChI=1S/C18H32N4O2/c1-14(19-10-8-15-9-11-20-21(15)5)13-16-7-6-12-22(16)17(23)24-18(2,3)4/h9,11,14,16,19H,6-8,10,12-13H2,1-5H3. The maximum Gasteiger partial charge on any atom is 0.410 e. The molecular weight excluding hydrogens is 304 g/mol. The summed E-state index contributed by atoms with van der Waals surface area (Å²) in [5.41, 5.74) is 0.794. The molecule has 0 saturated carbocycles. The summed E-state index contributed by atoms with van der Waals surface area (Å²) in [6, 6.07) is 2.69. The van der Waals surface area contributed by atoms with Gasteiger partial charge < -0.3 is 15.0 Å². The van der Waals surface area contributed by atoms with E-state index in [-0.39, 0.29) is 12.1 Å². The highest BCUT2D eigenvalue weighted by Gasteiger charge is 2.32. The van der Waals surface area contributed by atoms with Gasteiger partial charge in [-0.05, 0) is 53.0 Å². The highest BCUT2D eigenvalue weighted by Crippen LogP contribution is 2.24. The van der Waals surface area contributed by atoms with E-state index in [4.69, 9.17) is 4.74 Å². The molecule has 0 aliphatic carbocycles. The molecule has 24 heavy (non-hydrogen) atoms. The zero-order valence-electron chi connectivity index (χ0n) is 15.7. The minimum Gasteiger partial charge on any atom is -0.444 e. The molecule has 1 aromatic heterocycles. The molecule has 0 aromatic carbocycles. The molecule has 2 heterocycles. The number of likely N-dealkylation sites (tertiary alicyclic amines) is 1. The smallest absolute Gasteiger partial charge is 0.410 e. The summed E-state index contributed by atoms with van der Waals surface area (Å²) in [5, 5.41) is 7.75. The third-order valence-electron chi connectivity index (χ3n) is 4.43. The Hall–Kier alpha value is -1.56. The zero-order chi connectivity index (χ0) is 17.7. The molecule has 1 aliphatic rings. The van der Waals surface area contributed by atoms with Crippen molar-refractivity contribution in [3.63, 3.8) is 0 Å². The summed E-state index contributed by atoms with van der Waals surface area (Å²) in [6.07, 6.45) is 5.70.